The molecule has 1 fully saturated rings. The molecular weight excluding hydrogens is 422 g/mol. The van der Waals surface area contributed by atoms with E-state index < -0.39 is 17.7 Å². The molecule has 1 N–H and O–H groups in total. The van der Waals surface area contributed by atoms with Crippen molar-refractivity contribution in [3.05, 3.63) is 64.7 Å². The molecule has 1 heterocycles. The lowest BCUT2D eigenvalue weighted by Crippen LogP contribution is -2.31. The molecule has 0 spiro atoms. The number of carbonyl (C=O) groups excluding carboxylic acids is 2. The van der Waals surface area contributed by atoms with Crippen LogP contribution < -0.4 is 9.47 Å². The van der Waals surface area contributed by atoms with Crippen molar-refractivity contribution in [2.75, 3.05) is 27.4 Å². The number of hydrogen-bond donors (Lipinski definition) is 1. The highest BCUT2D eigenvalue weighted by Gasteiger charge is 2.47. The smallest absolute Gasteiger partial charge is 0.295 e. The average molecular weight is 454 g/mol. The molecule has 2 aromatic rings. The van der Waals surface area contributed by atoms with Gasteiger partial charge in [0.15, 0.2) is 0 Å². The van der Waals surface area contributed by atoms with Crippen LogP contribution in [-0.4, -0.2) is 55.2 Å². The molecule has 2 aromatic carbocycles. The van der Waals surface area contributed by atoms with Crippen molar-refractivity contribution in [2.24, 2.45) is 0 Å². The number of hydrogen-bond acceptors (Lipinski definition) is 6. The molecule has 0 radical (unpaired) electrons. The summed E-state index contributed by atoms with van der Waals surface area (Å²) in [5.41, 5.74) is 1.88. The largest absolute Gasteiger partial charge is 0.507 e. The average Bonchev–Trinajstić information content (AvgIpc) is 3.05. The molecule has 3 rings (SSSR count). The number of Topliss-reactive ketones (excluding diaryl/α,β-unsaturated/α-hetero) is 1. The molecule has 1 unspecified atom stereocenters. The Kier molecular flexibility index (Phi) is 7.76. The van der Waals surface area contributed by atoms with Gasteiger partial charge in [0.05, 0.1) is 37.5 Å². The second-order valence-corrected chi connectivity index (χ2v) is 8.21. The number of benzene rings is 2. The number of nitrogens with zero attached hydrogens (tertiary/aromatic N) is 1. The van der Waals surface area contributed by atoms with Crippen molar-refractivity contribution in [1.82, 2.24) is 4.90 Å². The fourth-order valence-corrected chi connectivity index (χ4v) is 4.03. The molecule has 176 valence electrons. The van der Waals surface area contributed by atoms with Gasteiger partial charge in [-0.25, -0.2) is 0 Å². The lowest BCUT2D eigenvalue weighted by Gasteiger charge is -2.26. The van der Waals surface area contributed by atoms with Crippen molar-refractivity contribution in [3.63, 3.8) is 0 Å². The number of aryl methyl sites for hydroxylation is 1. The molecule has 1 aliphatic rings. The van der Waals surface area contributed by atoms with Gasteiger partial charge in [0.25, 0.3) is 11.7 Å². The number of aliphatic hydroxyl groups is 1. The number of carbonyl (C=O) groups is 2. The lowest BCUT2D eigenvalue weighted by molar-refractivity contribution is -0.140. The summed E-state index contributed by atoms with van der Waals surface area (Å²) in [4.78, 5) is 27.8. The van der Waals surface area contributed by atoms with Gasteiger partial charge in [-0.05, 0) is 45.4 Å². The van der Waals surface area contributed by atoms with E-state index in [2.05, 4.69) is 0 Å². The molecule has 7 heteroatoms. The molecule has 1 aliphatic heterocycles. The number of ether oxygens (including phenoxy) is 3. The number of rotatable bonds is 9. The Bertz CT molecular complexity index is 1060. The van der Waals surface area contributed by atoms with Crippen molar-refractivity contribution in [3.8, 4) is 11.5 Å². The van der Waals surface area contributed by atoms with Crippen LogP contribution in [0.15, 0.2) is 48.0 Å². The van der Waals surface area contributed by atoms with E-state index in [0.29, 0.717) is 42.2 Å². The van der Waals surface area contributed by atoms with Crippen LogP contribution in [0.5, 0.6) is 11.5 Å². The zero-order valence-corrected chi connectivity index (χ0v) is 19.8. The number of para-hydroxylation sites is 1. The topological polar surface area (TPSA) is 85.3 Å². The highest BCUT2D eigenvalue weighted by molar-refractivity contribution is 6.46. The highest BCUT2D eigenvalue weighted by Crippen LogP contribution is 2.43. The predicted molar refractivity (Wildman–Crippen MR) is 125 cm³/mol. The molecule has 33 heavy (non-hydrogen) atoms. The zero-order valence-electron chi connectivity index (χ0n) is 19.8. The normalized spacial score (nSPS) is 17.6. The third-order valence-corrected chi connectivity index (χ3v) is 5.58. The maximum absolute atomic E-state index is 13.2. The van der Waals surface area contributed by atoms with Gasteiger partial charge in [-0.1, -0.05) is 29.8 Å². The van der Waals surface area contributed by atoms with Crippen LogP contribution in [0.4, 0.5) is 0 Å². The SMILES string of the molecule is COc1ccc(C)cc1/C(O)=C1\C(=O)C(=O)N(CCCOC(C)C)C1c1ccccc1OC. The van der Waals surface area contributed by atoms with E-state index in [4.69, 9.17) is 14.2 Å². The number of ketones is 1. The van der Waals surface area contributed by atoms with E-state index in [9.17, 15) is 14.7 Å². The first-order valence-electron chi connectivity index (χ1n) is 11.0. The van der Waals surface area contributed by atoms with Gasteiger partial charge in [-0.15, -0.1) is 0 Å². The second-order valence-electron chi connectivity index (χ2n) is 8.21. The van der Waals surface area contributed by atoms with Gasteiger partial charge >= 0.3 is 0 Å². The first-order chi connectivity index (χ1) is 15.8. The van der Waals surface area contributed by atoms with E-state index in [1.165, 1.54) is 19.1 Å². The zero-order chi connectivity index (χ0) is 24.1. The Morgan fingerprint density at radius 3 is 2.42 bits per heavy atom. The fraction of sp³-hybridized carbons (Fsp3) is 0.385. The van der Waals surface area contributed by atoms with Crippen LogP contribution in [0.1, 0.15) is 43.0 Å². The maximum Gasteiger partial charge on any atom is 0.295 e. The minimum atomic E-state index is -0.801. The molecule has 0 saturated carbocycles. The van der Waals surface area contributed by atoms with Gasteiger partial charge in [0.2, 0.25) is 0 Å². The molecule has 0 aromatic heterocycles. The second kappa shape index (κ2) is 10.5. The summed E-state index contributed by atoms with van der Waals surface area (Å²) in [6.45, 7) is 6.50. The summed E-state index contributed by atoms with van der Waals surface area (Å²) in [5.74, 6) is -0.741. The van der Waals surface area contributed by atoms with Gasteiger partial charge < -0.3 is 24.2 Å². The summed E-state index contributed by atoms with van der Waals surface area (Å²) < 4.78 is 16.6. The van der Waals surface area contributed by atoms with Crippen LogP contribution in [0.25, 0.3) is 5.76 Å². The Morgan fingerprint density at radius 1 is 1.06 bits per heavy atom. The summed E-state index contributed by atoms with van der Waals surface area (Å²) in [6, 6.07) is 11.7. The Balaban J connectivity index is 2.15. The monoisotopic (exact) mass is 453 g/mol. The molecule has 1 saturated heterocycles. The van der Waals surface area contributed by atoms with Gasteiger partial charge in [0, 0.05) is 18.7 Å². The number of amides is 1. The first kappa shape index (κ1) is 24.3. The number of likely N-dealkylation sites (tertiary alicyclic amines) is 1. The van der Waals surface area contributed by atoms with E-state index in [-0.39, 0.29) is 17.4 Å². The quantitative estimate of drug-likeness (QED) is 0.264. The summed E-state index contributed by atoms with van der Waals surface area (Å²) in [5, 5.41) is 11.3. The molecule has 0 aliphatic carbocycles. The van der Waals surface area contributed by atoms with Crippen LogP contribution in [0.3, 0.4) is 0 Å². The third kappa shape index (κ3) is 5.03. The van der Waals surface area contributed by atoms with E-state index in [0.717, 1.165) is 5.56 Å². The summed E-state index contributed by atoms with van der Waals surface area (Å²) >= 11 is 0. The third-order valence-electron chi connectivity index (χ3n) is 5.58. The summed E-state index contributed by atoms with van der Waals surface area (Å²) in [7, 11) is 3.03. The van der Waals surface area contributed by atoms with Crippen LogP contribution in [0.2, 0.25) is 0 Å². The number of aliphatic hydroxyl groups excluding tert-OH is 1. The highest BCUT2D eigenvalue weighted by atomic mass is 16.5. The van der Waals surface area contributed by atoms with Crippen LogP contribution >= 0.6 is 0 Å². The fourth-order valence-electron chi connectivity index (χ4n) is 4.03. The van der Waals surface area contributed by atoms with Crippen molar-refractivity contribution in [2.45, 2.75) is 39.3 Å². The molecule has 1 amide bonds. The van der Waals surface area contributed by atoms with E-state index >= 15 is 0 Å². The van der Waals surface area contributed by atoms with Crippen molar-refractivity contribution < 1.29 is 28.9 Å². The first-order valence-corrected chi connectivity index (χ1v) is 11.0. The standard InChI is InChI=1S/C26H31NO6/c1-16(2)33-14-8-13-27-23(18-9-6-7-10-20(18)31-4)22(25(29)26(27)30)24(28)19-15-17(3)11-12-21(19)32-5/h6-7,9-12,15-16,23,28H,8,13-14H2,1-5H3/b24-22+. The van der Waals surface area contributed by atoms with E-state index in [1.807, 2.05) is 39.0 Å². The minimum Gasteiger partial charge on any atom is -0.507 e. The molecule has 1 atom stereocenters. The predicted octanol–water partition coefficient (Wildman–Crippen LogP) is 4.25. The van der Waals surface area contributed by atoms with Crippen molar-refractivity contribution in [1.29, 1.82) is 0 Å². The lowest BCUT2D eigenvalue weighted by atomic mass is 9.94. The Morgan fingerprint density at radius 2 is 1.76 bits per heavy atom. The maximum atomic E-state index is 13.2. The molecule has 7 nitrogen and oxygen atoms in total. The van der Waals surface area contributed by atoms with Crippen molar-refractivity contribution >= 4 is 17.4 Å². The van der Waals surface area contributed by atoms with E-state index in [1.54, 1.807) is 24.3 Å². The van der Waals surface area contributed by atoms with Gasteiger partial charge in [-0.3, -0.25) is 9.59 Å². The molecule has 0 bridgehead atoms. The minimum absolute atomic E-state index is 0.0122. The molecular formula is C26H31NO6. The van der Waals surface area contributed by atoms with Gasteiger partial charge in [-0.2, -0.15) is 0 Å². The summed E-state index contributed by atoms with van der Waals surface area (Å²) in [6.07, 6.45) is 0.615. The van der Waals surface area contributed by atoms with Crippen LogP contribution in [-0.2, 0) is 14.3 Å². The number of methoxy groups -OCH3 is 2. The van der Waals surface area contributed by atoms with Gasteiger partial charge in [0.1, 0.15) is 17.3 Å². The Hall–Kier alpha value is -3.32. The van der Waals surface area contributed by atoms with Crippen LogP contribution in [0, 0.1) is 6.92 Å². The Labute approximate surface area is 194 Å².